The van der Waals surface area contributed by atoms with Gasteiger partial charge in [0.15, 0.2) is 0 Å². The van der Waals surface area contributed by atoms with E-state index in [1.807, 2.05) is 0 Å². The van der Waals surface area contributed by atoms with Crippen LogP contribution in [0.5, 0.6) is 5.75 Å². The Labute approximate surface area is 157 Å². The summed E-state index contributed by atoms with van der Waals surface area (Å²) in [4.78, 5) is 23.6. The molecule has 0 fully saturated rings. The van der Waals surface area contributed by atoms with Crippen LogP contribution in [0.2, 0.25) is 0 Å². The van der Waals surface area contributed by atoms with E-state index < -0.39 is 22.0 Å². The van der Waals surface area contributed by atoms with Crippen molar-refractivity contribution in [2.24, 2.45) is 0 Å². The number of esters is 2. The van der Waals surface area contributed by atoms with E-state index >= 15 is 0 Å². The molecule has 0 spiro atoms. The highest BCUT2D eigenvalue weighted by Crippen LogP contribution is 2.27. The van der Waals surface area contributed by atoms with Crippen molar-refractivity contribution in [2.45, 2.75) is 11.8 Å². The summed E-state index contributed by atoms with van der Waals surface area (Å²) in [6, 6.07) is 8.48. The third kappa shape index (κ3) is 4.56. The zero-order valence-corrected chi connectivity index (χ0v) is 16.0. The zero-order valence-electron chi connectivity index (χ0n) is 15.2. The zero-order chi connectivity index (χ0) is 20.2. The maximum Gasteiger partial charge on any atom is 0.337 e. The van der Waals surface area contributed by atoms with Gasteiger partial charge in [-0.25, -0.2) is 18.0 Å². The molecule has 0 saturated carbocycles. The maximum atomic E-state index is 12.8. The number of rotatable bonds is 6. The van der Waals surface area contributed by atoms with E-state index in [0.29, 0.717) is 0 Å². The first-order chi connectivity index (χ1) is 12.7. The molecule has 0 atom stereocenters. The Morgan fingerprint density at radius 2 is 1.44 bits per heavy atom. The first-order valence-electron chi connectivity index (χ1n) is 7.71. The molecule has 144 valence electrons. The molecule has 0 heterocycles. The van der Waals surface area contributed by atoms with Crippen LogP contribution in [0.1, 0.15) is 26.3 Å². The van der Waals surface area contributed by atoms with Gasteiger partial charge in [0.05, 0.1) is 38.1 Å². The van der Waals surface area contributed by atoms with Crippen LogP contribution in [0.3, 0.4) is 0 Å². The highest BCUT2D eigenvalue weighted by Gasteiger charge is 2.22. The van der Waals surface area contributed by atoms with E-state index in [9.17, 15) is 18.0 Å². The molecule has 1 N–H and O–H groups in total. The lowest BCUT2D eigenvalue weighted by atomic mass is 10.1. The van der Waals surface area contributed by atoms with Crippen molar-refractivity contribution in [3.63, 3.8) is 0 Å². The maximum absolute atomic E-state index is 12.8. The fraction of sp³-hybridized carbons (Fsp3) is 0.222. The second-order valence-corrected chi connectivity index (χ2v) is 7.19. The predicted octanol–water partition coefficient (Wildman–Crippen LogP) is 2.38. The summed E-state index contributed by atoms with van der Waals surface area (Å²) >= 11 is 0. The summed E-state index contributed by atoms with van der Waals surface area (Å²) in [7, 11) is -0.348. The molecule has 0 bridgehead atoms. The predicted molar refractivity (Wildman–Crippen MR) is 97.7 cm³/mol. The molecule has 9 heteroatoms. The lowest BCUT2D eigenvalue weighted by Crippen LogP contribution is -2.16. The standard InChI is InChI=1S/C18H19NO7S/c1-11-5-6-15(24-2)16(7-11)27(22,23)19-14-9-12(17(20)25-3)8-13(10-14)18(21)26-4/h5-10,19H,1-4H3. The summed E-state index contributed by atoms with van der Waals surface area (Å²) < 4.78 is 42.4. The Morgan fingerprint density at radius 3 is 1.93 bits per heavy atom. The molecular formula is C18H19NO7S. The minimum absolute atomic E-state index is 0.00172. The minimum Gasteiger partial charge on any atom is -0.495 e. The van der Waals surface area contributed by atoms with Gasteiger partial charge in [-0.2, -0.15) is 0 Å². The van der Waals surface area contributed by atoms with Crippen LogP contribution in [0.4, 0.5) is 5.69 Å². The van der Waals surface area contributed by atoms with Gasteiger partial charge in [-0.1, -0.05) is 6.07 Å². The monoisotopic (exact) mass is 393 g/mol. The molecule has 2 rings (SSSR count). The Morgan fingerprint density at radius 1 is 0.889 bits per heavy atom. The van der Waals surface area contributed by atoms with Crippen molar-refractivity contribution >= 4 is 27.6 Å². The second kappa shape index (κ2) is 8.09. The number of methoxy groups -OCH3 is 3. The molecule has 2 aromatic rings. The van der Waals surface area contributed by atoms with Crippen molar-refractivity contribution in [3.8, 4) is 5.75 Å². The van der Waals surface area contributed by atoms with E-state index in [0.717, 1.165) is 5.56 Å². The van der Waals surface area contributed by atoms with Crippen molar-refractivity contribution < 1.29 is 32.2 Å². The molecule has 0 aliphatic heterocycles. The van der Waals surface area contributed by atoms with Crippen LogP contribution in [0, 0.1) is 6.92 Å². The highest BCUT2D eigenvalue weighted by molar-refractivity contribution is 7.92. The number of aryl methyl sites for hydroxylation is 1. The molecule has 0 radical (unpaired) electrons. The Bertz CT molecular complexity index is 949. The molecule has 0 aliphatic rings. The van der Waals surface area contributed by atoms with Crippen LogP contribution in [0.25, 0.3) is 0 Å². The Balaban J connectivity index is 2.53. The first-order valence-corrected chi connectivity index (χ1v) is 9.19. The van der Waals surface area contributed by atoms with E-state index in [1.165, 1.54) is 51.7 Å². The van der Waals surface area contributed by atoms with Gasteiger partial charge in [0.25, 0.3) is 10.0 Å². The van der Waals surface area contributed by atoms with Gasteiger partial charge in [-0.15, -0.1) is 0 Å². The molecule has 8 nitrogen and oxygen atoms in total. The molecule has 0 saturated heterocycles. The molecule has 27 heavy (non-hydrogen) atoms. The molecular weight excluding hydrogens is 374 g/mol. The molecule has 0 amide bonds. The number of carbonyl (C=O) groups excluding carboxylic acids is 2. The third-order valence-electron chi connectivity index (χ3n) is 3.64. The number of sulfonamides is 1. The summed E-state index contributed by atoms with van der Waals surface area (Å²) in [5.74, 6) is -1.30. The van der Waals surface area contributed by atoms with E-state index in [2.05, 4.69) is 14.2 Å². The van der Waals surface area contributed by atoms with Crippen LogP contribution >= 0.6 is 0 Å². The van der Waals surface area contributed by atoms with Gasteiger partial charge in [-0.05, 0) is 42.8 Å². The summed E-state index contributed by atoms with van der Waals surface area (Å²) in [6.45, 7) is 1.74. The average Bonchev–Trinajstić information content (AvgIpc) is 2.65. The van der Waals surface area contributed by atoms with Gasteiger partial charge in [-0.3, -0.25) is 4.72 Å². The summed E-state index contributed by atoms with van der Waals surface area (Å²) in [5, 5.41) is 0. The second-order valence-electron chi connectivity index (χ2n) is 5.54. The van der Waals surface area contributed by atoms with Crippen LogP contribution in [-0.2, 0) is 19.5 Å². The van der Waals surface area contributed by atoms with Crippen molar-refractivity contribution in [1.82, 2.24) is 0 Å². The van der Waals surface area contributed by atoms with Gasteiger partial charge >= 0.3 is 11.9 Å². The molecule has 0 aliphatic carbocycles. The minimum atomic E-state index is -4.06. The highest BCUT2D eigenvalue weighted by atomic mass is 32.2. The van der Waals surface area contributed by atoms with Crippen LogP contribution < -0.4 is 9.46 Å². The van der Waals surface area contributed by atoms with Crippen molar-refractivity contribution in [1.29, 1.82) is 0 Å². The number of carbonyl (C=O) groups is 2. The lowest BCUT2D eigenvalue weighted by molar-refractivity contribution is 0.0599. The first kappa shape index (κ1) is 20.2. The number of nitrogens with one attached hydrogen (secondary N) is 1. The fourth-order valence-electron chi connectivity index (χ4n) is 2.36. The van der Waals surface area contributed by atoms with Crippen molar-refractivity contribution in [3.05, 3.63) is 53.1 Å². The van der Waals surface area contributed by atoms with Crippen LogP contribution in [0.15, 0.2) is 41.3 Å². The molecule has 0 unspecified atom stereocenters. The van der Waals surface area contributed by atoms with E-state index in [-0.39, 0.29) is 27.5 Å². The largest absolute Gasteiger partial charge is 0.495 e. The average molecular weight is 393 g/mol. The number of anilines is 1. The Hall–Kier alpha value is -3.07. The van der Waals surface area contributed by atoms with Gasteiger partial charge in [0.2, 0.25) is 0 Å². The number of hydrogen-bond donors (Lipinski definition) is 1. The summed E-state index contributed by atoms with van der Waals surface area (Å²) in [5.41, 5.74) is 0.709. The topological polar surface area (TPSA) is 108 Å². The van der Waals surface area contributed by atoms with Crippen molar-refractivity contribution in [2.75, 3.05) is 26.1 Å². The van der Waals surface area contributed by atoms with Gasteiger partial charge in [0, 0.05) is 0 Å². The number of hydrogen-bond acceptors (Lipinski definition) is 7. The smallest absolute Gasteiger partial charge is 0.337 e. The van der Waals surface area contributed by atoms with Crippen LogP contribution in [-0.4, -0.2) is 41.7 Å². The molecule has 0 aromatic heterocycles. The number of ether oxygens (including phenoxy) is 3. The van der Waals surface area contributed by atoms with E-state index in [4.69, 9.17) is 4.74 Å². The number of benzene rings is 2. The molecule has 2 aromatic carbocycles. The quantitative estimate of drug-likeness (QED) is 0.751. The van der Waals surface area contributed by atoms with Gasteiger partial charge < -0.3 is 14.2 Å². The van der Waals surface area contributed by atoms with E-state index in [1.54, 1.807) is 13.0 Å². The normalized spacial score (nSPS) is 10.8. The third-order valence-corrected chi connectivity index (χ3v) is 5.04. The summed E-state index contributed by atoms with van der Waals surface area (Å²) in [6.07, 6.45) is 0. The lowest BCUT2D eigenvalue weighted by Gasteiger charge is -2.14. The Kier molecular flexibility index (Phi) is 6.06. The van der Waals surface area contributed by atoms with Gasteiger partial charge in [0.1, 0.15) is 10.6 Å². The SMILES string of the molecule is COC(=O)c1cc(NS(=O)(=O)c2cc(C)ccc2OC)cc(C(=O)OC)c1. The fourth-order valence-corrected chi connectivity index (χ4v) is 3.66.